The molecule has 0 aromatic heterocycles. The van der Waals surface area contributed by atoms with E-state index in [1.54, 1.807) is 7.11 Å². The highest BCUT2D eigenvalue weighted by Crippen LogP contribution is 2.29. The van der Waals surface area contributed by atoms with Gasteiger partial charge in [-0.15, -0.1) is 0 Å². The fraction of sp³-hybridized carbons (Fsp3) is 0.600. The fourth-order valence-corrected chi connectivity index (χ4v) is 2.83. The quantitative estimate of drug-likeness (QED) is 0.860. The van der Waals surface area contributed by atoms with Gasteiger partial charge in [-0.3, -0.25) is 0 Å². The molecule has 2 rings (SSSR count). The Labute approximate surface area is 110 Å². The summed E-state index contributed by atoms with van der Waals surface area (Å²) in [6.07, 6.45) is 3.55. The van der Waals surface area contributed by atoms with Crippen molar-refractivity contribution in [3.8, 4) is 5.75 Å². The van der Waals surface area contributed by atoms with Crippen molar-refractivity contribution < 1.29 is 4.74 Å². The molecule has 0 amide bonds. The van der Waals surface area contributed by atoms with Crippen LogP contribution in [-0.2, 0) is 0 Å². The molecule has 0 bridgehead atoms. The van der Waals surface area contributed by atoms with Crippen LogP contribution in [0.3, 0.4) is 0 Å². The third-order valence-electron chi connectivity index (χ3n) is 4.10. The predicted molar refractivity (Wildman–Crippen MR) is 75.0 cm³/mol. The van der Waals surface area contributed by atoms with Gasteiger partial charge in [0, 0.05) is 12.1 Å². The monoisotopic (exact) mass is 248 g/mol. The molecule has 1 aromatic rings. The van der Waals surface area contributed by atoms with Crippen molar-refractivity contribution >= 4 is 0 Å². The molecule has 3 heteroatoms. The first-order chi connectivity index (χ1) is 8.63. The molecule has 0 saturated carbocycles. The highest BCUT2D eigenvalue weighted by Gasteiger charge is 2.20. The van der Waals surface area contributed by atoms with Gasteiger partial charge in [0.15, 0.2) is 0 Å². The lowest BCUT2D eigenvalue weighted by molar-refractivity contribution is 0.410. The van der Waals surface area contributed by atoms with Crippen LogP contribution in [0.15, 0.2) is 12.1 Å². The number of rotatable bonds is 4. The lowest BCUT2D eigenvalue weighted by atomic mass is 9.93. The number of hydrogen-bond donors (Lipinski definition) is 2. The molecule has 2 unspecified atom stereocenters. The summed E-state index contributed by atoms with van der Waals surface area (Å²) in [6.45, 7) is 5.37. The molecule has 1 saturated heterocycles. The Kier molecular flexibility index (Phi) is 4.25. The second kappa shape index (κ2) is 5.72. The molecule has 0 radical (unpaired) electrons. The van der Waals surface area contributed by atoms with E-state index in [4.69, 9.17) is 10.5 Å². The maximum atomic E-state index is 6.36. The van der Waals surface area contributed by atoms with E-state index in [2.05, 4.69) is 25.2 Å². The topological polar surface area (TPSA) is 47.3 Å². The van der Waals surface area contributed by atoms with Crippen molar-refractivity contribution in [1.82, 2.24) is 5.32 Å². The SMILES string of the molecule is COc1ccc(C(N)CC2CCCN2)c(C)c1C. The van der Waals surface area contributed by atoms with Crippen LogP contribution < -0.4 is 15.8 Å². The molecule has 1 aliphatic heterocycles. The van der Waals surface area contributed by atoms with Gasteiger partial charge < -0.3 is 15.8 Å². The number of hydrogen-bond acceptors (Lipinski definition) is 3. The third-order valence-corrected chi connectivity index (χ3v) is 4.10. The van der Waals surface area contributed by atoms with E-state index in [-0.39, 0.29) is 6.04 Å². The minimum absolute atomic E-state index is 0.116. The lowest BCUT2D eigenvalue weighted by Crippen LogP contribution is -2.27. The Morgan fingerprint density at radius 3 is 2.78 bits per heavy atom. The molecule has 1 fully saturated rings. The van der Waals surface area contributed by atoms with Crippen molar-refractivity contribution in [1.29, 1.82) is 0 Å². The molecule has 100 valence electrons. The molecule has 0 spiro atoms. The van der Waals surface area contributed by atoms with E-state index in [1.807, 2.05) is 6.07 Å². The second-order valence-electron chi connectivity index (χ2n) is 5.24. The minimum Gasteiger partial charge on any atom is -0.496 e. The average molecular weight is 248 g/mol. The zero-order chi connectivity index (χ0) is 13.1. The Morgan fingerprint density at radius 2 is 2.17 bits per heavy atom. The summed E-state index contributed by atoms with van der Waals surface area (Å²) in [5, 5.41) is 3.51. The van der Waals surface area contributed by atoms with Gasteiger partial charge in [-0.25, -0.2) is 0 Å². The summed E-state index contributed by atoms with van der Waals surface area (Å²) < 4.78 is 5.34. The predicted octanol–water partition coefficient (Wildman–Crippen LogP) is 2.45. The van der Waals surface area contributed by atoms with Crippen LogP contribution in [0.1, 0.15) is 42.0 Å². The maximum absolute atomic E-state index is 6.36. The van der Waals surface area contributed by atoms with Crippen LogP contribution in [0.2, 0.25) is 0 Å². The number of benzene rings is 1. The molecule has 3 N–H and O–H groups in total. The summed E-state index contributed by atoms with van der Waals surface area (Å²) in [6, 6.07) is 4.84. The molecule has 0 aliphatic carbocycles. The minimum atomic E-state index is 0.116. The molecule has 1 heterocycles. The molecule has 3 nitrogen and oxygen atoms in total. The van der Waals surface area contributed by atoms with Crippen LogP contribution in [-0.4, -0.2) is 19.7 Å². The van der Waals surface area contributed by atoms with Crippen LogP contribution in [0.5, 0.6) is 5.75 Å². The highest BCUT2D eigenvalue weighted by molar-refractivity contribution is 5.44. The van der Waals surface area contributed by atoms with Gasteiger partial charge in [0.25, 0.3) is 0 Å². The van der Waals surface area contributed by atoms with Gasteiger partial charge in [0.05, 0.1) is 7.11 Å². The van der Waals surface area contributed by atoms with Crippen molar-refractivity contribution in [2.75, 3.05) is 13.7 Å². The zero-order valence-corrected chi connectivity index (χ0v) is 11.6. The summed E-state index contributed by atoms with van der Waals surface area (Å²) >= 11 is 0. The number of nitrogens with one attached hydrogen (secondary N) is 1. The van der Waals surface area contributed by atoms with Gasteiger partial charge in [-0.05, 0) is 62.4 Å². The highest BCUT2D eigenvalue weighted by atomic mass is 16.5. The van der Waals surface area contributed by atoms with Gasteiger partial charge in [-0.2, -0.15) is 0 Å². The van der Waals surface area contributed by atoms with Crippen LogP contribution in [0.4, 0.5) is 0 Å². The van der Waals surface area contributed by atoms with Crippen molar-refractivity contribution in [3.63, 3.8) is 0 Å². The van der Waals surface area contributed by atoms with Crippen LogP contribution in [0, 0.1) is 13.8 Å². The smallest absolute Gasteiger partial charge is 0.122 e. The van der Waals surface area contributed by atoms with E-state index in [1.165, 1.54) is 29.5 Å². The largest absolute Gasteiger partial charge is 0.496 e. The van der Waals surface area contributed by atoms with Gasteiger partial charge in [0.1, 0.15) is 5.75 Å². The summed E-state index contributed by atoms with van der Waals surface area (Å²) in [5.41, 5.74) is 10.1. The van der Waals surface area contributed by atoms with E-state index in [0.29, 0.717) is 6.04 Å². The van der Waals surface area contributed by atoms with E-state index < -0.39 is 0 Å². The first-order valence-electron chi connectivity index (χ1n) is 6.76. The van der Waals surface area contributed by atoms with Gasteiger partial charge in [0.2, 0.25) is 0 Å². The van der Waals surface area contributed by atoms with E-state index in [9.17, 15) is 0 Å². The van der Waals surface area contributed by atoms with Crippen LogP contribution >= 0.6 is 0 Å². The normalized spacial score (nSPS) is 21.0. The maximum Gasteiger partial charge on any atom is 0.122 e. The van der Waals surface area contributed by atoms with Crippen LogP contribution in [0.25, 0.3) is 0 Å². The standard InChI is InChI=1S/C15H24N2O/c1-10-11(2)15(18-3)7-6-13(10)14(16)9-12-5-4-8-17-12/h6-7,12,14,17H,4-5,8-9,16H2,1-3H3. The molecule has 18 heavy (non-hydrogen) atoms. The van der Waals surface area contributed by atoms with Crippen molar-refractivity contribution in [3.05, 3.63) is 28.8 Å². The molecule has 1 aliphatic rings. The second-order valence-corrected chi connectivity index (χ2v) is 5.24. The Morgan fingerprint density at radius 1 is 1.39 bits per heavy atom. The number of methoxy groups -OCH3 is 1. The molecular weight excluding hydrogens is 224 g/mol. The Bertz CT molecular complexity index is 411. The first-order valence-corrected chi connectivity index (χ1v) is 6.76. The molecule has 1 aromatic carbocycles. The lowest BCUT2D eigenvalue weighted by Gasteiger charge is -2.21. The Hall–Kier alpha value is -1.06. The van der Waals surface area contributed by atoms with Gasteiger partial charge >= 0.3 is 0 Å². The summed E-state index contributed by atoms with van der Waals surface area (Å²) in [7, 11) is 1.71. The summed E-state index contributed by atoms with van der Waals surface area (Å²) in [5.74, 6) is 0.947. The number of ether oxygens (including phenoxy) is 1. The van der Waals surface area contributed by atoms with E-state index in [0.717, 1.165) is 18.7 Å². The third kappa shape index (κ3) is 2.68. The zero-order valence-electron chi connectivity index (χ0n) is 11.6. The van der Waals surface area contributed by atoms with Gasteiger partial charge in [-0.1, -0.05) is 6.07 Å². The molecule has 2 atom stereocenters. The Balaban J connectivity index is 2.14. The molecular formula is C15H24N2O. The number of nitrogens with two attached hydrogens (primary N) is 1. The van der Waals surface area contributed by atoms with Crippen molar-refractivity contribution in [2.45, 2.75) is 45.2 Å². The summed E-state index contributed by atoms with van der Waals surface area (Å²) in [4.78, 5) is 0. The first kappa shape index (κ1) is 13.4. The van der Waals surface area contributed by atoms with Crippen molar-refractivity contribution in [2.24, 2.45) is 5.73 Å². The average Bonchev–Trinajstić information content (AvgIpc) is 2.85. The fourth-order valence-electron chi connectivity index (χ4n) is 2.83. The van der Waals surface area contributed by atoms with E-state index >= 15 is 0 Å².